The van der Waals surface area contributed by atoms with Gasteiger partial charge in [0.2, 0.25) is 0 Å². The van der Waals surface area contributed by atoms with Crippen molar-refractivity contribution in [3.63, 3.8) is 0 Å². The van der Waals surface area contributed by atoms with E-state index in [1.807, 2.05) is 24.3 Å². The maximum absolute atomic E-state index is 12.8. The Morgan fingerprint density at radius 1 is 0.333 bits per heavy atom. The highest BCUT2D eigenvalue weighted by atomic mass is 16.6. The van der Waals surface area contributed by atoms with Gasteiger partial charge >= 0.3 is 17.9 Å². The Bertz CT molecular complexity index is 1140. The number of hydrogen-bond acceptors (Lipinski definition) is 6. The molecule has 0 saturated heterocycles. The number of esters is 3. The summed E-state index contributed by atoms with van der Waals surface area (Å²) in [7, 11) is 0. The molecule has 0 aliphatic heterocycles. The van der Waals surface area contributed by atoms with Crippen LogP contribution in [-0.2, 0) is 28.6 Å². The molecule has 0 radical (unpaired) electrons. The molecular weight excluding hydrogens is 745 g/mol. The fraction of sp³-hybridized carbons (Fsp3) is 0.722. The summed E-state index contributed by atoms with van der Waals surface area (Å²) in [4.78, 5) is 37.8. The van der Waals surface area contributed by atoms with Gasteiger partial charge in [-0.2, -0.15) is 0 Å². The van der Waals surface area contributed by atoms with Crippen molar-refractivity contribution in [3.05, 3.63) is 72.9 Å². The van der Waals surface area contributed by atoms with E-state index >= 15 is 0 Å². The molecule has 0 rings (SSSR count). The van der Waals surface area contributed by atoms with E-state index in [2.05, 4.69) is 69.4 Å². The standard InChI is InChI=1S/C54H92O6/c1-4-7-10-13-16-19-21-23-25-26-27-29-30-32-35-38-41-44-47-53(56)59-50-51(49-58-52(55)46-43-40-37-34-18-15-12-9-6-3)60-54(57)48-45-42-39-36-33-31-28-24-22-20-17-14-11-8-5-2/h10,13,16,19-23,25-27,29,51H,4-9,11-12,14-15,17-18,24,28,30-50H2,1-3H3/b13-10-,19-16-,22-20-,23-21-,26-25-,29-27-. The zero-order valence-corrected chi connectivity index (χ0v) is 39.2. The van der Waals surface area contributed by atoms with Gasteiger partial charge in [-0.1, -0.05) is 222 Å². The highest BCUT2D eigenvalue weighted by Gasteiger charge is 2.19. The number of rotatable bonds is 44. The van der Waals surface area contributed by atoms with Crippen LogP contribution < -0.4 is 0 Å². The highest BCUT2D eigenvalue weighted by Crippen LogP contribution is 2.14. The van der Waals surface area contributed by atoms with Gasteiger partial charge in [0.15, 0.2) is 6.10 Å². The van der Waals surface area contributed by atoms with Crippen molar-refractivity contribution in [2.24, 2.45) is 0 Å². The normalized spacial score (nSPS) is 12.7. The smallest absolute Gasteiger partial charge is 0.306 e. The van der Waals surface area contributed by atoms with Crippen LogP contribution in [0.25, 0.3) is 0 Å². The lowest BCUT2D eigenvalue weighted by Crippen LogP contribution is -2.30. The van der Waals surface area contributed by atoms with Gasteiger partial charge in [0.05, 0.1) is 0 Å². The SMILES string of the molecule is CCC\C=C/C=C\C=C/C=C\C=C/CCCCCCCC(=O)OCC(COC(=O)CCCCCCCCCCC)OC(=O)CCCCCCCCC/C=C\CCCCCC. The number of unbranched alkanes of at least 4 members (excludes halogenated alkanes) is 25. The van der Waals surface area contributed by atoms with Crippen molar-refractivity contribution in [1.82, 2.24) is 0 Å². The topological polar surface area (TPSA) is 78.9 Å². The third-order valence-electron chi connectivity index (χ3n) is 10.5. The molecule has 0 aliphatic carbocycles. The number of allylic oxidation sites excluding steroid dienone is 12. The molecule has 1 unspecified atom stereocenters. The van der Waals surface area contributed by atoms with Crippen LogP contribution in [0.1, 0.15) is 233 Å². The third kappa shape index (κ3) is 45.9. The summed E-state index contributed by atoms with van der Waals surface area (Å²) < 4.78 is 16.7. The van der Waals surface area contributed by atoms with Crippen molar-refractivity contribution in [3.8, 4) is 0 Å². The molecule has 0 spiro atoms. The first-order chi connectivity index (χ1) is 29.5. The molecule has 0 fully saturated rings. The number of hydrogen-bond donors (Lipinski definition) is 0. The molecule has 1 atom stereocenters. The van der Waals surface area contributed by atoms with Gasteiger partial charge in [-0.15, -0.1) is 0 Å². The third-order valence-corrected chi connectivity index (χ3v) is 10.5. The van der Waals surface area contributed by atoms with E-state index in [4.69, 9.17) is 14.2 Å². The van der Waals surface area contributed by atoms with Crippen LogP contribution in [0, 0.1) is 0 Å². The predicted octanol–water partition coefficient (Wildman–Crippen LogP) is 16.3. The average molecular weight is 837 g/mol. The van der Waals surface area contributed by atoms with Crippen LogP contribution in [0.15, 0.2) is 72.9 Å². The summed E-state index contributed by atoms with van der Waals surface area (Å²) in [5, 5.41) is 0. The molecule has 0 aromatic carbocycles. The average Bonchev–Trinajstić information content (AvgIpc) is 3.24. The number of ether oxygens (including phenoxy) is 3. The van der Waals surface area contributed by atoms with Crippen molar-refractivity contribution in [1.29, 1.82) is 0 Å². The van der Waals surface area contributed by atoms with Gasteiger partial charge in [0, 0.05) is 19.3 Å². The van der Waals surface area contributed by atoms with Gasteiger partial charge in [-0.3, -0.25) is 14.4 Å². The molecule has 60 heavy (non-hydrogen) atoms. The Morgan fingerprint density at radius 2 is 0.650 bits per heavy atom. The second-order valence-corrected chi connectivity index (χ2v) is 16.5. The van der Waals surface area contributed by atoms with Crippen LogP contribution in [0.4, 0.5) is 0 Å². The Balaban J connectivity index is 4.40. The van der Waals surface area contributed by atoms with Crippen molar-refractivity contribution < 1.29 is 28.6 Å². The van der Waals surface area contributed by atoms with E-state index in [0.717, 1.165) is 83.5 Å². The van der Waals surface area contributed by atoms with Gasteiger partial charge in [0.25, 0.3) is 0 Å². The maximum atomic E-state index is 12.8. The van der Waals surface area contributed by atoms with E-state index in [0.29, 0.717) is 19.3 Å². The van der Waals surface area contributed by atoms with Crippen LogP contribution in [0.2, 0.25) is 0 Å². The Hall–Kier alpha value is -3.15. The summed E-state index contributed by atoms with van der Waals surface area (Å²) in [5.41, 5.74) is 0. The van der Waals surface area contributed by atoms with Crippen LogP contribution in [-0.4, -0.2) is 37.2 Å². The van der Waals surface area contributed by atoms with Crippen LogP contribution >= 0.6 is 0 Å². The van der Waals surface area contributed by atoms with E-state index in [9.17, 15) is 14.4 Å². The Kier molecular flexibility index (Phi) is 46.0. The quantitative estimate of drug-likeness (QED) is 0.0200. The van der Waals surface area contributed by atoms with Crippen molar-refractivity contribution in [2.45, 2.75) is 239 Å². The lowest BCUT2D eigenvalue weighted by molar-refractivity contribution is -0.167. The summed E-state index contributed by atoms with van der Waals surface area (Å²) in [5.74, 6) is -0.918. The fourth-order valence-corrected chi connectivity index (χ4v) is 6.76. The van der Waals surface area contributed by atoms with Gasteiger partial charge in [-0.05, 0) is 64.2 Å². The van der Waals surface area contributed by atoms with E-state index in [1.165, 1.54) is 109 Å². The molecule has 0 heterocycles. The van der Waals surface area contributed by atoms with E-state index in [-0.39, 0.29) is 31.1 Å². The van der Waals surface area contributed by atoms with E-state index < -0.39 is 6.10 Å². The Labute approximate surface area is 370 Å². The second-order valence-electron chi connectivity index (χ2n) is 16.5. The minimum Gasteiger partial charge on any atom is -0.462 e. The molecule has 0 aromatic heterocycles. The summed E-state index contributed by atoms with van der Waals surface area (Å²) >= 11 is 0. The van der Waals surface area contributed by atoms with Crippen LogP contribution in [0.5, 0.6) is 0 Å². The first-order valence-electron chi connectivity index (χ1n) is 25.0. The molecule has 0 N–H and O–H groups in total. The molecule has 0 aromatic rings. The second kappa shape index (κ2) is 48.5. The van der Waals surface area contributed by atoms with Crippen molar-refractivity contribution >= 4 is 17.9 Å². The molecule has 0 bridgehead atoms. The minimum absolute atomic E-state index is 0.0847. The highest BCUT2D eigenvalue weighted by molar-refractivity contribution is 5.71. The fourth-order valence-electron chi connectivity index (χ4n) is 6.76. The van der Waals surface area contributed by atoms with Gasteiger partial charge < -0.3 is 14.2 Å². The predicted molar refractivity (Wildman–Crippen MR) is 256 cm³/mol. The molecular formula is C54H92O6. The molecule has 0 amide bonds. The Morgan fingerprint density at radius 3 is 1.07 bits per heavy atom. The van der Waals surface area contributed by atoms with Crippen molar-refractivity contribution in [2.75, 3.05) is 13.2 Å². The lowest BCUT2D eigenvalue weighted by Gasteiger charge is -2.18. The monoisotopic (exact) mass is 837 g/mol. The molecule has 0 saturated carbocycles. The summed E-state index contributed by atoms with van der Waals surface area (Å²) in [6.45, 7) is 6.49. The zero-order valence-electron chi connectivity index (χ0n) is 39.2. The summed E-state index contributed by atoms with van der Waals surface area (Å²) in [6.07, 6.45) is 60.2. The maximum Gasteiger partial charge on any atom is 0.306 e. The van der Waals surface area contributed by atoms with Gasteiger partial charge in [0.1, 0.15) is 13.2 Å². The van der Waals surface area contributed by atoms with E-state index in [1.54, 1.807) is 0 Å². The lowest BCUT2D eigenvalue weighted by atomic mass is 10.1. The zero-order chi connectivity index (χ0) is 43.7. The number of carbonyl (C=O) groups is 3. The minimum atomic E-state index is -0.785. The first kappa shape index (κ1) is 56.9. The first-order valence-corrected chi connectivity index (χ1v) is 25.0. The van der Waals surface area contributed by atoms with Gasteiger partial charge in [-0.25, -0.2) is 0 Å². The molecule has 344 valence electrons. The number of carbonyl (C=O) groups excluding carboxylic acids is 3. The van der Waals surface area contributed by atoms with Crippen LogP contribution in [0.3, 0.4) is 0 Å². The molecule has 6 nitrogen and oxygen atoms in total. The summed E-state index contributed by atoms with van der Waals surface area (Å²) in [6, 6.07) is 0. The largest absolute Gasteiger partial charge is 0.462 e. The molecule has 0 aliphatic rings. The molecule has 6 heteroatoms.